The van der Waals surface area contributed by atoms with Gasteiger partial charge in [0.25, 0.3) is 5.91 Å². The van der Waals surface area contributed by atoms with Crippen molar-refractivity contribution in [3.8, 4) is 0 Å². The molecule has 0 aliphatic heterocycles. The van der Waals surface area contributed by atoms with Crippen LogP contribution in [0, 0.1) is 5.41 Å². The quantitative estimate of drug-likeness (QED) is 0.312. The van der Waals surface area contributed by atoms with E-state index in [-0.39, 0.29) is 17.5 Å². The van der Waals surface area contributed by atoms with E-state index >= 15 is 0 Å². The average molecular weight is 386 g/mol. The van der Waals surface area contributed by atoms with E-state index in [2.05, 4.69) is 0 Å². The summed E-state index contributed by atoms with van der Waals surface area (Å²) < 4.78 is 5.92. The number of esters is 1. The lowest BCUT2D eigenvalue weighted by Crippen LogP contribution is -2.37. The fourth-order valence-electron chi connectivity index (χ4n) is 4.46. The maximum atomic E-state index is 13.0. The number of nitrogens with one attached hydrogen (secondary N) is 1. The maximum absolute atomic E-state index is 13.0. The minimum Gasteiger partial charge on any atom is -0.462 e. The summed E-state index contributed by atoms with van der Waals surface area (Å²) in [6.07, 6.45) is 14.4. The fourth-order valence-corrected chi connectivity index (χ4v) is 4.46. The molecule has 3 rings (SSSR count). The van der Waals surface area contributed by atoms with Crippen molar-refractivity contribution in [2.24, 2.45) is 5.41 Å². The molecule has 1 aromatic rings. The SMILES string of the molecule is O=C(/C=C/c1ccc(CCC2(C(=O)OC3CCCC3)CCCCC2)cc1)NO. The van der Waals surface area contributed by atoms with Crippen molar-refractivity contribution < 1.29 is 19.5 Å². The van der Waals surface area contributed by atoms with E-state index in [1.807, 2.05) is 24.3 Å². The van der Waals surface area contributed by atoms with E-state index in [0.717, 1.165) is 56.9 Å². The monoisotopic (exact) mass is 385 g/mol. The summed E-state index contributed by atoms with van der Waals surface area (Å²) in [5.41, 5.74) is 3.33. The third-order valence-electron chi connectivity index (χ3n) is 6.23. The highest BCUT2D eigenvalue weighted by Crippen LogP contribution is 2.42. The zero-order valence-corrected chi connectivity index (χ0v) is 16.5. The Morgan fingerprint density at radius 3 is 2.39 bits per heavy atom. The first-order valence-electron chi connectivity index (χ1n) is 10.5. The smallest absolute Gasteiger partial charge is 0.312 e. The Labute approximate surface area is 167 Å². The van der Waals surface area contributed by atoms with Crippen LogP contribution in [0.25, 0.3) is 6.08 Å². The summed E-state index contributed by atoms with van der Waals surface area (Å²) in [4.78, 5) is 24.1. The van der Waals surface area contributed by atoms with Gasteiger partial charge in [0.15, 0.2) is 0 Å². The van der Waals surface area contributed by atoms with Crippen molar-refractivity contribution in [3.63, 3.8) is 0 Å². The molecule has 0 heterocycles. The van der Waals surface area contributed by atoms with Gasteiger partial charge in [-0.1, -0.05) is 43.5 Å². The molecule has 2 fully saturated rings. The first-order chi connectivity index (χ1) is 13.6. The van der Waals surface area contributed by atoms with Crippen LogP contribution in [0.3, 0.4) is 0 Å². The Kier molecular flexibility index (Phi) is 7.26. The van der Waals surface area contributed by atoms with Gasteiger partial charge in [-0.3, -0.25) is 14.8 Å². The van der Waals surface area contributed by atoms with E-state index in [9.17, 15) is 9.59 Å². The summed E-state index contributed by atoms with van der Waals surface area (Å²) in [5.74, 6) is -0.516. The molecule has 5 nitrogen and oxygen atoms in total. The topological polar surface area (TPSA) is 75.6 Å². The number of carbonyl (C=O) groups is 2. The number of hydroxylamine groups is 1. The molecule has 5 heteroatoms. The highest BCUT2D eigenvalue weighted by molar-refractivity contribution is 5.90. The summed E-state index contributed by atoms with van der Waals surface area (Å²) in [7, 11) is 0. The zero-order valence-electron chi connectivity index (χ0n) is 16.5. The van der Waals surface area contributed by atoms with Gasteiger partial charge in [0.1, 0.15) is 6.10 Å². The summed E-state index contributed by atoms with van der Waals surface area (Å²) in [6.45, 7) is 0. The largest absolute Gasteiger partial charge is 0.462 e. The first-order valence-corrected chi connectivity index (χ1v) is 10.5. The lowest BCUT2D eigenvalue weighted by molar-refractivity contribution is -0.164. The predicted molar refractivity (Wildman–Crippen MR) is 108 cm³/mol. The molecule has 0 radical (unpaired) electrons. The second-order valence-electron chi connectivity index (χ2n) is 8.20. The van der Waals surface area contributed by atoms with Crippen molar-refractivity contribution in [1.82, 2.24) is 5.48 Å². The standard InChI is InChI=1S/C23H31NO4/c25-21(24-27)13-12-18-8-10-19(11-9-18)14-17-23(15-4-1-5-16-23)22(26)28-20-6-2-3-7-20/h8-13,20,27H,1-7,14-17H2,(H,24,25)/b13-12+. The molecule has 0 bridgehead atoms. The molecule has 1 aromatic carbocycles. The van der Waals surface area contributed by atoms with Crippen molar-refractivity contribution in [3.05, 3.63) is 41.5 Å². The molecule has 2 saturated carbocycles. The third-order valence-corrected chi connectivity index (χ3v) is 6.23. The Balaban J connectivity index is 1.60. The molecule has 1 amide bonds. The van der Waals surface area contributed by atoms with E-state index < -0.39 is 5.91 Å². The Bertz CT molecular complexity index is 683. The lowest BCUT2D eigenvalue weighted by atomic mass is 9.70. The number of rotatable bonds is 7. The van der Waals surface area contributed by atoms with Crippen LogP contribution in [0.4, 0.5) is 0 Å². The van der Waals surface area contributed by atoms with Crippen molar-refractivity contribution in [2.45, 2.75) is 76.7 Å². The van der Waals surface area contributed by atoms with Crippen LogP contribution in [0.5, 0.6) is 0 Å². The van der Waals surface area contributed by atoms with Gasteiger partial charge in [-0.25, -0.2) is 5.48 Å². The van der Waals surface area contributed by atoms with Gasteiger partial charge >= 0.3 is 5.97 Å². The molecule has 152 valence electrons. The number of amides is 1. The minimum absolute atomic E-state index is 0.0358. The van der Waals surface area contributed by atoms with Crippen LogP contribution in [-0.4, -0.2) is 23.2 Å². The average Bonchev–Trinajstić information content (AvgIpc) is 3.25. The van der Waals surface area contributed by atoms with Crippen LogP contribution in [0.15, 0.2) is 30.3 Å². The fraction of sp³-hybridized carbons (Fsp3) is 0.565. The summed E-state index contributed by atoms with van der Waals surface area (Å²) >= 11 is 0. The predicted octanol–water partition coefficient (Wildman–Crippen LogP) is 4.57. The Morgan fingerprint density at radius 2 is 1.75 bits per heavy atom. The van der Waals surface area contributed by atoms with Gasteiger partial charge in [-0.2, -0.15) is 0 Å². The van der Waals surface area contributed by atoms with Crippen molar-refractivity contribution in [1.29, 1.82) is 0 Å². The molecule has 28 heavy (non-hydrogen) atoms. The molecule has 2 N–H and O–H groups in total. The molecule has 2 aliphatic carbocycles. The number of aryl methyl sites for hydroxylation is 1. The van der Waals surface area contributed by atoms with Gasteiger partial charge in [-0.05, 0) is 68.6 Å². The van der Waals surface area contributed by atoms with Crippen LogP contribution in [0.1, 0.15) is 75.3 Å². The number of hydrogen-bond acceptors (Lipinski definition) is 4. The molecular formula is C23H31NO4. The van der Waals surface area contributed by atoms with Crippen LogP contribution >= 0.6 is 0 Å². The molecule has 0 aromatic heterocycles. The van der Waals surface area contributed by atoms with Gasteiger partial charge in [0.2, 0.25) is 0 Å². The number of ether oxygens (including phenoxy) is 1. The Hall–Kier alpha value is -2.14. The summed E-state index contributed by atoms with van der Waals surface area (Å²) in [6, 6.07) is 7.96. The van der Waals surface area contributed by atoms with Gasteiger partial charge in [0, 0.05) is 6.08 Å². The Morgan fingerprint density at radius 1 is 1.07 bits per heavy atom. The van der Waals surface area contributed by atoms with E-state index in [1.54, 1.807) is 11.6 Å². The lowest BCUT2D eigenvalue weighted by Gasteiger charge is -2.36. The molecule has 0 unspecified atom stereocenters. The molecular weight excluding hydrogens is 354 g/mol. The van der Waals surface area contributed by atoms with Crippen LogP contribution in [0.2, 0.25) is 0 Å². The number of benzene rings is 1. The zero-order chi connectivity index (χ0) is 19.8. The molecule has 2 aliphatic rings. The highest BCUT2D eigenvalue weighted by atomic mass is 16.5. The number of hydrogen-bond donors (Lipinski definition) is 2. The van der Waals surface area contributed by atoms with Gasteiger partial charge in [-0.15, -0.1) is 0 Å². The molecule has 0 spiro atoms. The van der Waals surface area contributed by atoms with E-state index in [0.29, 0.717) is 0 Å². The first kappa shape index (κ1) is 20.6. The van der Waals surface area contributed by atoms with E-state index in [1.165, 1.54) is 30.9 Å². The van der Waals surface area contributed by atoms with Crippen molar-refractivity contribution in [2.75, 3.05) is 0 Å². The second-order valence-corrected chi connectivity index (χ2v) is 8.20. The second kappa shape index (κ2) is 9.87. The third kappa shape index (κ3) is 5.44. The van der Waals surface area contributed by atoms with Crippen molar-refractivity contribution >= 4 is 18.0 Å². The summed E-state index contributed by atoms with van der Waals surface area (Å²) in [5, 5.41) is 8.52. The van der Waals surface area contributed by atoms with Crippen LogP contribution < -0.4 is 5.48 Å². The molecule has 0 atom stereocenters. The normalized spacial score (nSPS) is 19.6. The minimum atomic E-state index is -0.552. The highest BCUT2D eigenvalue weighted by Gasteiger charge is 2.41. The molecule has 0 saturated heterocycles. The van der Waals surface area contributed by atoms with Gasteiger partial charge in [0.05, 0.1) is 5.41 Å². The van der Waals surface area contributed by atoms with E-state index in [4.69, 9.17) is 9.94 Å². The van der Waals surface area contributed by atoms with Crippen LogP contribution in [-0.2, 0) is 20.7 Å². The van der Waals surface area contributed by atoms with Gasteiger partial charge < -0.3 is 4.74 Å². The maximum Gasteiger partial charge on any atom is 0.312 e. The number of carbonyl (C=O) groups excluding carboxylic acids is 2.